The third kappa shape index (κ3) is 5.66. The molecule has 98 valence electrons. The summed E-state index contributed by atoms with van der Waals surface area (Å²) in [5, 5.41) is -0.651. The van der Waals surface area contributed by atoms with E-state index in [9.17, 15) is 0 Å². The van der Waals surface area contributed by atoms with E-state index in [2.05, 4.69) is 11.7 Å². The maximum absolute atomic E-state index is 5.79. The Morgan fingerprint density at radius 1 is 1.19 bits per heavy atom. The summed E-state index contributed by atoms with van der Waals surface area (Å²) < 4.78 is 17.2. The molecular weight excluding hydrogens is 280 g/mol. The van der Waals surface area contributed by atoms with Gasteiger partial charge < -0.3 is 14.2 Å². The average Bonchev–Trinajstić information content (AvgIpc) is 2.27. The van der Waals surface area contributed by atoms with E-state index in [1.54, 1.807) is 21.5 Å². The highest BCUT2D eigenvalue weighted by atomic mass is 33.2. The van der Waals surface area contributed by atoms with Crippen LogP contribution >= 0.6 is 33.1 Å². The molecule has 1 unspecified atom stereocenters. The van der Waals surface area contributed by atoms with E-state index in [1.165, 1.54) is 0 Å². The standard InChI is InChI=1S/C9H22O3S3Si/c1-5-10-8(4)9(11-6-2,12-7-3)14-16-15-13/h8,13H,5-7,16H2,1-4H3. The van der Waals surface area contributed by atoms with Crippen LogP contribution in [-0.2, 0) is 14.2 Å². The Bertz CT molecular complexity index is 168. The van der Waals surface area contributed by atoms with Crippen LogP contribution in [0, 0.1) is 0 Å². The molecule has 0 N–H and O–H groups in total. The molecule has 0 aromatic rings. The predicted octanol–water partition coefficient (Wildman–Crippen LogP) is 2.45. The minimum absolute atomic E-state index is 0.0737. The smallest absolute Gasteiger partial charge is 0.240 e. The Labute approximate surface area is 114 Å². The summed E-state index contributed by atoms with van der Waals surface area (Å²) in [7, 11) is 1.18. The van der Waals surface area contributed by atoms with E-state index >= 15 is 0 Å². The van der Waals surface area contributed by atoms with E-state index in [-0.39, 0.29) is 6.10 Å². The second kappa shape index (κ2) is 10.1. The van der Waals surface area contributed by atoms with Gasteiger partial charge in [-0.2, -0.15) is 0 Å². The summed E-state index contributed by atoms with van der Waals surface area (Å²) in [5.74, 6) is 0. The van der Waals surface area contributed by atoms with Gasteiger partial charge in [-0.3, -0.25) is 0 Å². The monoisotopic (exact) mass is 302 g/mol. The van der Waals surface area contributed by atoms with Gasteiger partial charge in [0.15, 0.2) is 7.82 Å². The number of thiol groups is 1. The zero-order chi connectivity index (χ0) is 12.4. The average molecular weight is 303 g/mol. The Balaban J connectivity index is 4.60. The van der Waals surface area contributed by atoms with Crippen LogP contribution < -0.4 is 0 Å². The first-order valence-electron chi connectivity index (χ1n) is 5.46. The zero-order valence-electron chi connectivity index (χ0n) is 10.4. The minimum Gasteiger partial charge on any atom is -0.372 e. The molecule has 0 aliphatic carbocycles. The molecule has 0 aliphatic heterocycles. The Morgan fingerprint density at radius 3 is 2.12 bits per heavy atom. The van der Waals surface area contributed by atoms with Crippen molar-refractivity contribution in [1.29, 1.82) is 0 Å². The van der Waals surface area contributed by atoms with Crippen LogP contribution in [0.3, 0.4) is 0 Å². The molecule has 1 atom stereocenters. The van der Waals surface area contributed by atoms with Gasteiger partial charge >= 0.3 is 0 Å². The van der Waals surface area contributed by atoms with Gasteiger partial charge in [0.25, 0.3) is 0 Å². The maximum atomic E-state index is 5.79. The highest BCUT2D eigenvalue weighted by Gasteiger charge is 2.39. The molecule has 0 aromatic heterocycles. The van der Waals surface area contributed by atoms with Gasteiger partial charge in [-0.05, 0) is 27.7 Å². The van der Waals surface area contributed by atoms with Gasteiger partial charge in [-0.1, -0.05) is 0 Å². The molecule has 16 heavy (non-hydrogen) atoms. The zero-order valence-corrected chi connectivity index (χ0v) is 14.3. The number of hydrogen-bond acceptors (Lipinski definition) is 6. The SMILES string of the molecule is CCOC(C)C(OCC)(OCC)S[SiH2]SS. The fraction of sp³-hybridized carbons (Fsp3) is 1.00. The van der Waals surface area contributed by atoms with E-state index in [0.29, 0.717) is 19.8 Å². The largest absolute Gasteiger partial charge is 0.372 e. The lowest BCUT2D eigenvalue weighted by Crippen LogP contribution is -2.45. The van der Waals surface area contributed by atoms with Crippen molar-refractivity contribution in [3.63, 3.8) is 0 Å². The van der Waals surface area contributed by atoms with Gasteiger partial charge in [0.2, 0.25) is 5.12 Å². The topological polar surface area (TPSA) is 27.7 Å². The second-order valence-corrected chi connectivity index (χ2v) is 11.1. The molecule has 7 heteroatoms. The molecule has 0 spiro atoms. The Morgan fingerprint density at radius 2 is 1.75 bits per heavy atom. The van der Waals surface area contributed by atoms with Crippen LogP contribution in [0.5, 0.6) is 0 Å². The molecule has 3 nitrogen and oxygen atoms in total. The van der Waals surface area contributed by atoms with Crippen molar-refractivity contribution in [2.24, 2.45) is 0 Å². The van der Waals surface area contributed by atoms with Crippen molar-refractivity contribution in [1.82, 2.24) is 0 Å². The van der Waals surface area contributed by atoms with Crippen LogP contribution in [0.4, 0.5) is 0 Å². The van der Waals surface area contributed by atoms with Crippen LogP contribution in [0.1, 0.15) is 27.7 Å². The van der Waals surface area contributed by atoms with Gasteiger partial charge in [-0.25, -0.2) is 0 Å². The molecule has 0 rings (SSSR count). The van der Waals surface area contributed by atoms with E-state index in [0.717, 1.165) is 0 Å². The molecule has 0 amide bonds. The van der Waals surface area contributed by atoms with Crippen molar-refractivity contribution in [2.45, 2.75) is 38.9 Å². The minimum atomic E-state index is -0.651. The van der Waals surface area contributed by atoms with E-state index in [4.69, 9.17) is 14.2 Å². The Kier molecular flexibility index (Phi) is 10.8. The van der Waals surface area contributed by atoms with Gasteiger partial charge in [0, 0.05) is 19.8 Å². The fourth-order valence-electron chi connectivity index (χ4n) is 1.34. The third-order valence-electron chi connectivity index (χ3n) is 1.92. The van der Waals surface area contributed by atoms with Crippen molar-refractivity contribution in [3.8, 4) is 0 Å². The van der Waals surface area contributed by atoms with Crippen molar-refractivity contribution in [2.75, 3.05) is 19.8 Å². The summed E-state index contributed by atoms with van der Waals surface area (Å²) in [5.41, 5.74) is 0. The molecule has 0 radical (unpaired) electrons. The molecule has 0 heterocycles. The van der Waals surface area contributed by atoms with E-state index in [1.807, 2.05) is 27.7 Å². The summed E-state index contributed by atoms with van der Waals surface area (Å²) in [6.45, 7) is 9.84. The van der Waals surface area contributed by atoms with Gasteiger partial charge in [0.05, 0.1) is 0 Å². The number of rotatable bonds is 10. The molecular formula is C9H22O3S3Si. The summed E-state index contributed by atoms with van der Waals surface area (Å²) in [4.78, 5) is 0. The quantitative estimate of drug-likeness (QED) is 0.290. The van der Waals surface area contributed by atoms with Crippen LogP contribution in [0.2, 0.25) is 0 Å². The van der Waals surface area contributed by atoms with Crippen molar-refractivity contribution in [3.05, 3.63) is 0 Å². The van der Waals surface area contributed by atoms with Crippen LogP contribution in [0.25, 0.3) is 0 Å². The summed E-state index contributed by atoms with van der Waals surface area (Å²) >= 11 is 5.92. The van der Waals surface area contributed by atoms with Crippen LogP contribution in [-0.4, -0.2) is 38.9 Å². The first-order valence-corrected chi connectivity index (χ1v) is 11.9. The normalized spacial score (nSPS) is 14.8. The number of ether oxygens (including phenoxy) is 3. The lowest BCUT2D eigenvalue weighted by atomic mass is 10.4. The fourth-order valence-corrected chi connectivity index (χ4v) is 7.49. The van der Waals surface area contributed by atoms with Gasteiger partial charge in [0.1, 0.15) is 6.10 Å². The first-order chi connectivity index (χ1) is 7.66. The molecule has 0 saturated heterocycles. The van der Waals surface area contributed by atoms with E-state index < -0.39 is 12.9 Å². The highest BCUT2D eigenvalue weighted by molar-refractivity contribution is 8.85. The Hall–Kier alpha value is 1.15. The predicted molar refractivity (Wildman–Crippen MR) is 79.8 cm³/mol. The molecule has 0 fully saturated rings. The van der Waals surface area contributed by atoms with Crippen molar-refractivity contribution >= 4 is 40.9 Å². The lowest BCUT2D eigenvalue weighted by molar-refractivity contribution is -0.223. The summed E-state index contributed by atoms with van der Waals surface area (Å²) in [6.07, 6.45) is -0.0737. The highest BCUT2D eigenvalue weighted by Crippen LogP contribution is 2.35. The molecule has 0 bridgehead atoms. The molecule has 0 saturated carbocycles. The van der Waals surface area contributed by atoms with Crippen molar-refractivity contribution < 1.29 is 14.2 Å². The molecule has 0 aliphatic rings. The first kappa shape index (κ1) is 17.1. The molecule has 0 aromatic carbocycles. The maximum Gasteiger partial charge on any atom is 0.240 e. The van der Waals surface area contributed by atoms with Crippen LogP contribution in [0.15, 0.2) is 0 Å². The van der Waals surface area contributed by atoms with Gasteiger partial charge in [-0.15, -0.1) is 33.1 Å². The lowest BCUT2D eigenvalue weighted by Gasteiger charge is -2.37. The third-order valence-corrected chi connectivity index (χ3v) is 9.84. The summed E-state index contributed by atoms with van der Waals surface area (Å²) in [6, 6.07) is 0. The number of hydrogen-bond donors (Lipinski definition) is 1. The second-order valence-electron chi connectivity index (χ2n) is 2.96.